The van der Waals surface area contributed by atoms with Crippen molar-refractivity contribution in [1.82, 2.24) is 10.3 Å². The third kappa shape index (κ3) is 4.88. The Morgan fingerprint density at radius 1 is 0.970 bits per heavy atom. The maximum atomic E-state index is 12.7. The molecule has 9 heteroatoms. The number of carbonyl (C=O) groups excluding carboxylic acids is 1. The summed E-state index contributed by atoms with van der Waals surface area (Å²) >= 11 is 20.7. The van der Waals surface area contributed by atoms with E-state index >= 15 is 0 Å². The predicted octanol–water partition coefficient (Wildman–Crippen LogP) is 7.54. The predicted molar refractivity (Wildman–Crippen MR) is 144 cm³/mol. The Morgan fingerprint density at radius 3 is 2.55 bits per heavy atom. The van der Waals surface area contributed by atoms with Crippen LogP contribution >= 0.6 is 58.1 Å². The molecule has 2 heterocycles. The van der Waals surface area contributed by atoms with Crippen molar-refractivity contribution in [2.45, 2.75) is 6.42 Å². The van der Waals surface area contributed by atoms with Gasteiger partial charge in [0.05, 0.1) is 20.2 Å². The number of carbonyl (C=O) groups is 1. The summed E-state index contributed by atoms with van der Waals surface area (Å²) in [4.78, 5) is 17.8. The van der Waals surface area contributed by atoms with E-state index in [2.05, 4.69) is 21.7 Å². The van der Waals surface area contributed by atoms with Crippen LogP contribution in [0.5, 0.6) is 0 Å². The molecule has 5 rings (SSSR count). The van der Waals surface area contributed by atoms with Crippen molar-refractivity contribution in [2.75, 3.05) is 5.32 Å². The maximum absolute atomic E-state index is 12.7. The van der Waals surface area contributed by atoms with E-state index in [0.717, 1.165) is 38.3 Å². The van der Waals surface area contributed by atoms with Gasteiger partial charge in [-0.3, -0.25) is 10.1 Å². The van der Waals surface area contributed by atoms with E-state index < -0.39 is 0 Å². The van der Waals surface area contributed by atoms with Crippen LogP contribution in [-0.2, 0) is 6.42 Å². The van der Waals surface area contributed by atoms with Gasteiger partial charge in [-0.05, 0) is 54.2 Å². The molecule has 3 aromatic carbocycles. The Hall–Kier alpha value is -2.55. The minimum atomic E-state index is -0.359. The number of rotatable bonds is 4. The van der Waals surface area contributed by atoms with Crippen molar-refractivity contribution in [3.05, 3.63) is 92.2 Å². The van der Waals surface area contributed by atoms with Crippen LogP contribution in [0.4, 0.5) is 5.69 Å². The van der Waals surface area contributed by atoms with E-state index in [1.54, 1.807) is 29.5 Å². The number of hydrogen-bond acceptors (Lipinski definition) is 5. The average Bonchev–Trinajstić information content (AvgIpc) is 3.35. The number of thiophene rings is 1. The third-order valence-corrected chi connectivity index (χ3v) is 8.06. The van der Waals surface area contributed by atoms with Gasteiger partial charge in [-0.15, -0.1) is 22.7 Å². The van der Waals surface area contributed by atoms with Gasteiger partial charge in [0.1, 0.15) is 4.88 Å². The van der Waals surface area contributed by atoms with Gasteiger partial charge in [-0.25, -0.2) is 4.98 Å². The topological polar surface area (TPSA) is 54.0 Å². The summed E-state index contributed by atoms with van der Waals surface area (Å²) in [5.41, 5.74) is 2.95. The van der Waals surface area contributed by atoms with Crippen molar-refractivity contribution in [2.24, 2.45) is 0 Å². The monoisotopic (exact) mass is 527 g/mol. The molecule has 0 saturated heterocycles. The average molecular weight is 529 g/mol. The first kappa shape index (κ1) is 22.3. The van der Waals surface area contributed by atoms with Crippen LogP contribution in [0.25, 0.3) is 20.3 Å². The van der Waals surface area contributed by atoms with E-state index in [1.807, 2.05) is 42.5 Å². The quantitative estimate of drug-likeness (QED) is 0.237. The molecule has 0 fully saturated rings. The summed E-state index contributed by atoms with van der Waals surface area (Å²) in [5.74, 6) is -0.359. The van der Waals surface area contributed by atoms with Crippen LogP contribution < -0.4 is 10.6 Å². The Labute approximate surface area is 213 Å². The number of thiocarbonyl (C=S) groups is 1. The van der Waals surface area contributed by atoms with Gasteiger partial charge in [-0.2, -0.15) is 0 Å². The molecule has 2 N–H and O–H groups in total. The van der Waals surface area contributed by atoms with E-state index in [-0.39, 0.29) is 11.0 Å². The molecule has 0 saturated carbocycles. The van der Waals surface area contributed by atoms with Crippen molar-refractivity contribution in [1.29, 1.82) is 0 Å². The lowest BCUT2D eigenvalue weighted by Crippen LogP contribution is -2.33. The zero-order chi connectivity index (χ0) is 22.9. The highest BCUT2D eigenvalue weighted by Crippen LogP contribution is 2.36. The molecule has 0 aliphatic heterocycles. The van der Waals surface area contributed by atoms with Gasteiger partial charge < -0.3 is 5.32 Å². The van der Waals surface area contributed by atoms with Crippen molar-refractivity contribution >= 4 is 95.1 Å². The highest BCUT2D eigenvalue weighted by molar-refractivity contribution is 7.80. The minimum absolute atomic E-state index is 0.200. The molecule has 2 aromatic heterocycles. The number of thiazole rings is 1. The Morgan fingerprint density at radius 2 is 1.76 bits per heavy atom. The first-order valence-corrected chi connectivity index (χ1v) is 12.7. The number of fused-ring (bicyclic) bond motifs is 2. The lowest BCUT2D eigenvalue weighted by atomic mass is 10.1. The molecule has 0 aliphatic rings. The van der Waals surface area contributed by atoms with Crippen molar-refractivity contribution < 1.29 is 4.79 Å². The molecule has 33 heavy (non-hydrogen) atoms. The Bertz CT molecular complexity index is 1480. The van der Waals surface area contributed by atoms with Crippen LogP contribution in [0.3, 0.4) is 0 Å². The second-order valence-corrected chi connectivity index (χ2v) is 10.6. The number of anilines is 1. The summed E-state index contributed by atoms with van der Waals surface area (Å²) in [6.45, 7) is 0. The fraction of sp³-hybridized carbons (Fsp3) is 0.0417. The molecule has 0 radical (unpaired) electrons. The molecular formula is C24H15Cl2N3OS3. The summed E-state index contributed by atoms with van der Waals surface area (Å²) < 4.78 is 2.04. The number of hydrogen-bond donors (Lipinski definition) is 2. The largest absolute Gasteiger partial charge is 0.332 e. The normalized spacial score (nSPS) is 11.1. The number of para-hydroxylation sites is 1. The van der Waals surface area contributed by atoms with Crippen LogP contribution in [-0.4, -0.2) is 16.0 Å². The molecule has 0 spiro atoms. The number of halogens is 2. The molecule has 0 atom stereocenters. The number of nitrogens with one attached hydrogen (secondary N) is 2. The maximum Gasteiger partial charge on any atom is 0.269 e. The zero-order valence-electron chi connectivity index (χ0n) is 16.9. The molecule has 4 nitrogen and oxygen atoms in total. The molecule has 1 amide bonds. The van der Waals surface area contributed by atoms with Crippen molar-refractivity contribution in [3.8, 4) is 0 Å². The number of benzene rings is 3. The molecule has 0 bridgehead atoms. The van der Waals surface area contributed by atoms with Crippen LogP contribution in [0.2, 0.25) is 10.0 Å². The molecule has 0 unspecified atom stereocenters. The fourth-order valence-electron chi connectivity index (χ4n) is 3.38. The van der Waals surface area contributed by atoms with Gasteiger partial charge in [-0.1, -0.05) is 53.5 Å². The number of nitrogens with zero attached hydrogens (tertiary/aromatic N) is 1. The van der Waals surface area contributed by atoms with E-state index in [1.165, 1.54) is 16.0 Å². The lowest BCUT2D eigenvalue weighted by molar-refractivity contribution is 0.0982. The highest BCUT2D eigenvalue weighted by atomic mass is 35.5. The summed E-state index contributed by atoms with van der Waals surface area (Å²) in [6, 6.07) is 21.4. The Balaban J connectivity index is 1.22. The van der Waals surface area contributed by atoms with Crippen LogP contribution in [0.1, 0.15) is 20.2 Å². The van der Waals surface area contributed by atoms with Crippen LogP contribution in [0, 0.1) is 0 Å². The van der Waals surface area contributed by atoms with Gasteiger partial charge in [0.2, 0.25) is 0 Å². The first-order valence-electron chi connectivity index (χ1n) is 9.89. The van der Waals surface area contributed by atoms with E-state index in [0.29, 0.717) is 14.9 Å². The summed E-state index contributed by atoms with van der Waals surface area (Å²) in [6.07, 6.45) is 0.759. The standard InChI is InChI=1S/C24H15Cl2N3OS3/c25-14-7-10-16-19(12-14)33-22(21(16)26)23(30)29-24(31)27-15-8-5-13(6-9-15)11-20-28-17-3-1-2-4-18(17)32-20/h1-10,12H,11H2,(H2,27,29,30,31). The van der Waals surface area contributed by atoms with E-state index in [9.17, 15) is 4.79 Å². The third-order valence-electron chi connectivity index (χ3n) is 4.93. The first-order chi connectivity index (χ1) is 16.0. The minimum Gasteiger partial charge on any atom is -0.332 e. The number of aromatic nitrogens is 1. The summed E-state index contributed by atoms with van der Waals surface area (Å²) in [7, 11) is 0. The van der Waals surface area contributed by atoms with Gasteiger partial charge in [0.25, 0.3) is 5.91 Å². The SMILES string of the molecule is O=C(NC(=S)Nc1ccc(Cc2nc3ccccc3s2)cc1)c1sc2cc(Cl)ccc2c1Cl. The second-order valence-electron chi connectivity index (χ2n) is 7.24. The smallest absolute Gasteiger partial charge is 0.269 e. The molecule has 0 aliphatic carbocycles. The number of amides is 1. The highest BCUT2D eigenvalue weighted by Gasteiger charge is 2.18. The fourth-order valence-corrected chi connectivity index (χ4v) is 6.28. The lowest BCUT2D eigenvalue weighted by Gasteiger charge is -2.09. The van der Waals surface area contributed by atoms with E-state index in [4.69, 9.17) is 35.4 Å². The van der Waals surface area contributed by atoms with Crippen molar-refractivity contribution in [3.63, 3.8) is 0 Å². The summed E-state index contributed by atoms with van der Waals surface area (Å²) in [5, 5.41) is 8.79. The van der Waals surface area contributed by atoms with Gasteiger partial charge >= 0.3 is 0 Å². The molecule has 5 aromatic rings. The molecular weight excluding hydrogens is 513 g/mol. The Kier molecular flexibility index (Phi) is 6.32. The zero-order valence-corrected chi connectivity index (χ0v) is 20.9. The molecule has 164 valence electrons. The van der Waals surface area contributed by atoms with Crippen LogP contribution in [0.15, 0.2) is 66.7 Å². The second kappa shape index (κ2) is 9.37. The van der Waals surface area contributed by atoms with Gasteiger partial charge in [0, 0.05) is 27.2 Å². The van der Waals surface area contributed by atoms with Gasteiger partial charge in [0.15, 0.2) is 5.11 Å².